The third kappa shape index (κ3) is 3.41. The number of ether oxygens (including phenoxy) is 2. The second-order valence-electron chi connectivity index (χ2n) is 5.54. The Labute approximate surface area is 145 Å². The molecular formula is C17H20N4O2S. The van der Waals surface area contributed by atoms with E-state index in [9.17, 15) is 0 Å². The van der Waals surface area contributed by atoms with Crippen LogP contribution in [0.2, 0.25) is 0 Å². The van der Waals surface area contributed by atoms with Gasteiger partial charge in [0.2, 0.25) is 4.77 Å². The number of hydrogen-bond acceptors (Lipinski definition) is 5. The van der Waals surface area contributed by atoms with Gasteiger partial charge >= 0.3 is 0 Å². The molecule has 0 aliphatic heterocycles. The number of hydrogen-bond donors (Lipinski definition) is 1. The zero-order valence-corrected chi connectivity index (χ0v) is 14.5. The summed E-state index contributed by atoms with van der Waals surface area (Å²) in [6.07, 6.45) is 9.56. The molecule has 1 N–H and O–H groups in total. The van der Waals surface area contributed by atoms with Gasteiger partial charge in [0.1, 0.15) is 11.5 Å². The monoisotopic (exact) mass is 344 g/mol. The fourth-order valence-electron chi connectivity index (χ4n) is 2.67. The lowest BCUT2D eigenvalue weighted by atomic mass is 9.96. The SMILES string of the molecule is COc1ccc(-c2n[nH]c(=S)n2/N=C\[C@@H]2CC=CCC2)c(OC)c1. The molecule has 0 spiro atoms. The summed E-state index contributed by atoms with van der Waals surface area (Å²) in [5, 5.41) is 11.7. The lowest BCUT2D eigenvalue weighted by molar-refractivity contribution is 0.395. The van der Waals surface area contributed by atoms with Crippen LogP contribution in [0.4, 0.5) is 0 Å². The van der Waals surface area contributed by atoms with Crippen molar-refractivity contribution in [3.8, 4) is 22.9 Å². The summed E-state index contributed by atoms with van der Waals surface area (Å²) < 4.78 is 12.8. The van der Waals surface area contributed by atoms with Crippen LogP contribution in [0.3, 0.4) is 0 Å². The molecule has 1 aromatic heterocycles. The van der Waals surface area contributed by atoms with Crippen molar-refractivity contribution in [2.45, 2.75) is 19.3 Å². The van der Waals surface area contributed by atoms with E-state index in [1.54, 1.807) is 18.9 Å². The minimum absolute atomic E-state index is 0.428. The molecule has 1 aromatic carbocycles. The number of nitrogens with zero attached hydrogens (tertiary/aromatic N) is 3. The molecule has 0 amide bonds. The standard InChI is InChI=1S/C17H20N4O2S/c1-22-13-8-9-14(15(10-13)23-2)16-19-20-17(24)21(16)18-11-12-6-4-3-5-7-12/h3-4,8-12H,5-7H2,1-2H3,(H,20,24)/b18-11-/t12-/m1/s1. The zero-order valence-electron chi connectivity index (χ0n) is 13.7. The van der Waals surface area contributed by atoms with Crippen LogP contribution in [-0.2, 0) is 0 Å². The van der Waals surface area contributed by atoms with Crippen LogP contribution in [0.15, 0.2) is 35.5 Å². The Balaban J connectivity index is 1.97. The second-order valence-corrected chi connectivity index (χ2v) is 5.93. The number of benzene rings is 1. The average molecular weight is 344 g/mol. The maximum atomic E-state index is 5.46. The van der Waals surface area contributed by atoms with Crippen LogP contribution in [0, 0.1) is 10.7 Å². The van der Waals surface area contributed by atoms with E-state index < -0.39 is 0 Å². The molecule has 1 aliphatic carbocycles. The molecule has 1 atom stereocenters. The minimum Gasteiger partial charge on any atom is -0.497 e. The van der Waals surface area contributed by atoms with Gasteiger partial charge in [-0.1, -0.05) is 12.2 Å². The van der Waals surface area contributed by atoms with Crippen LogP contribution in [0.25, 0.3) is 11.4 Å². The van der Waals surface area contributed by atoms with E-state index in [1.807, 2.05) is 24.4 Å². The Kier molecular flexibility index (Phi) is 5.10. The second kappa shape index (κ2) is 7.44. The fourth-order valence-corrected chi connectivity index (χ4v) is 2.85. The predicted octanol–water partition coefficient (Wildman–Crippen LogP) is 3.82. The number of nitrogens with one attached hydrogen (secondary N) is 1. The van der Waals surface area contributed by atoms with E-state index in [4.69, 9.17) is 21.7 Å². The van der Waals surface area contributed by atoms with Gasteiger partial charge in [-0.3, -0.25) is 0 Å². The molecule has 2 aromatic rings. The molecule has 3 rings (SSSR count). The molecule has 0 radical (unpaired) electrons. The van der Waals surface area contributed by atoms with Crippen LogP contribution < -0.4 is 9.47 Å². The van der Waals surface area contributed by atoms with Gasteiger partial charge in [0.25, 0.3) is 0 Å². The molecule has 0 saturated heterocycles. The highest BCUT2D eigenvalue weighted by Crippen LogP contribution is 2.32. The van der Waals surface area contributed by atoms with Gasteiger partial charge in [0, 0.05) is 12.3 Å². The van der Waals surface area contributed by atoms with Gasteiger partial charge in [-0.25, -0.2) is 5.10 Å². The molecule has 1 heterocycles. The molecule has 126 valence electrons. The van der Waals surface area contributed by atoms with E-state index in [1.165, 1.54) is 0 Å². The first-order valence-corrected chi connectivity index (χ1v) is 8.23. The van der Waals surface area contributed by atoms with Crippen LogP contribution in [0.5, 0.6) is 11.5 Å². The number of methoxy groups -OCH3 is 2. The first-order chi connectivity index (χ1) is 11.7. The lowest BCUT2D eigenvalue weighted by Crippen LogP contribution is -2.06. The van der Waals surface area contributed by atoms with Gasteiger partial charge in [0.05, 0.1) is 19.8 Å². The predicted molar refractivity (Wildman–Crippen MR) is 96.3 cm³/mol. The molecule has 0 unspecified atom stereocenters. The van der Waals surface area contributed by atoms with Crippen LogP contribution in [0.1, 0.15) is 19.3 Å². The third-order valence-electron chi connectivity index (χ3n) is 4.00. The summed E-state index contributed by atoms with van der Waals surface area (Å²) >= 11 is 5.32. The summed E-state index contributed by atoms with van der Waals surface area (Å²) in [7, 11) is 3.23. The van der Waals surface area contributed by atoms with E-state index in [2.05, 4.69) is 27.5 Å². The van der Waals surface area contributed by atoms with E-state index in [-0.39, 0.29) is 0 Å². The Bertz CT molecular complexity index is 822. The first-order valence-electron chi connectivity index (χ1n) is 7.82. The lowest BCUT2D eigenvalue weighted by Gasteiger charge is -2.12. The van der Waals surface area contributed by atoms with Crippen LogP contribution >= 0.6 is 12.2 Å². The topological polar surface area (TPSA) is 64.4 Å². The van der Waals surface area contributed by atoms with Crippen molar-refractivity contribution in [1.82, 2.24) is 14.9 Å². The fraction of sp³-hybridized carbons (Fsp3) is 0.353. The Morgan fingerprint density at radius 1 is 1.33 bits per heavy atom. The number of aromatic nitrogens is 3. The van der Waals surface area contributed by atoms with Crippen molar-refractivity contribution in [2.24, 2.45) is 11.0 Å². The summed E-state index contributed by atoms with van der Waals surface area (Å²) in [5.74, 6) is 2.41. The van der Waals surface area contributed by atoms with Gasteiger partial charge in [0.15, 0.2) is 5.82 Å². The van der Waals surface area contributed by atoms with E-state index >= 15 is 0 Å². The molecular weight excluding hydrogens is 324 g/mol. The molecule has 6 nitrogen and oxygen atoms in total. The van der Waals surface area contributed by atoms with Crippen molar-refractivity contribution < 1.29 is 9.47 Å². The maximum absolute atomic E-state index is 5.46. The van der Waals surface area contributed by atoms with E-state index in [0.29, 0.717) is 28.0 Å². The highest BCUT2D eigenvalue weighted by molar-refractivity contribution is 7.71. The Morgan fingerprint density at radius 2 is 2.21 bits per heavy atom. The van der Waals surface area contributed by atoms with Crippen molar-refractivity contribution in [3.63, 3.8) is 0 Å². The molecule has 0 saturated carbocycles. The highest BCUT2D eigenvalue weighted by Gasteiger charge is 2.15. The Morgan fingerprint density at radius 3 is 2.92 bits per heavy atom. The zero-order chi connectivity index (χ0) is 16.9. The average Bonchev–Trinajstić information content (AvgIpc) is 3.00. The van der Waals surface area contributed by atoms with Gasteiger partial charge in [-0.2, -0.15) is 14.9 Å². The Hall–Kier alpha value is -2.41. The van der Waals surface area contributed by atoms with Crippen molar-refractivity contribution in [1.29, 1.82) is 0 Å². The summed E-state index contributed by atoms with van der Waals surface area (Å²) in [6.45, 7) is 0. The largest absolute Gasteiger partial charge is 0.497 e. The van der Waals surface area contributed by atoms with Crippen molar-refractivity contribution in [3.05, 3.63) is 35.1 Å². The van der Waals surface area contributed by atoms with Gasteiger partial charge < -0.3 is 9.47 Å². The first kappa shape index (κ1) is 16.4. The minimum atomic E-state index is 0.428. The molecule has 1 aliphatic rings. The number of rotatable bonds is 5. The number of H-pyrrole nitrogens is 1. The quantitative estimate of drug-likeness (QED) is 0.509. The molecule has 24 heavy (non-hydrogen) atoms. The maximum Gasteiger partial charge on any atom is 0.216 e. The van der Waals surface area contributed by atoms with Gasteiger partial charge in [-0.15, -0.1) is 0 Å². The molecule has 0 bridgehead atoms. The summed E-state index contributed by atoms with van der Waals surface area (Å²) in [6, 6.07) is 5.56. The molecule has 7 heteroatoms. The number of allylic oxidation sites excluding steroid dienone is 2. The summed E-state index contributed by atoms with van der Waals surface area (Å²) in [5.41, 5.74) is 0.798. The van der Waals surface area contributed by atoms with Gasteiger partial charge in [-0.05, 0) is 49.5 Å². The molecule has 0 fully saturated rings. The van der Waals surface area contributed by atoms with Crippen molar-refractivity contribution >= 4 is 18.4 Å². The highest BCUT2D eigenvalue weighted by atomic mass is 32.1. The normalized spacial score (nSPS) is 17.3. The number of aromatic amines is 1. The smallest absolute Gasteiger partial charge is 0.216 e. The van der Waals surface area contributed by atoms with E-state index in [0.717, 1.165) is 24.8 Å². The van der Waals surface area contributed by atoms with Crippen molar-refractivity contribution in [2.75, 3.05) is 14.2 Å². The third-order valence-corrected chi connectivity index (χ3v) is 4.27. The summed E-state index contributed by atoms with van der Waals surface area (Å²) in [4.78, 5) is 0. The van der Waals surface area contributed by atoms with Crippen LogP contribution in [-0.4, -0.2) is 35.3 Å².